The average molecular weight is 491 g/mol. The first-order chi connectivity index (χ1) is 18.2. The van der Waals surface area contributed by atoms with E-state index in [0.29, 0.717) is 6.42 Å². The van der Waals surface area contributed by atoms with Crippen LogP contribution in [-0.4, -0.2) is 11.9 Å². The molecule has 4 aromatic rings. The lowest BCUT2D eigenvalue weighted by Crippen LogP contribution is -2.35. The lowest BCUT2D eigenvalue weighted by Gasteiger charge is -2.30. The van der Waals surface area contributed by atoms with Crippen molar-refractivity contribution in [2.24, 2.45) is 11.8 Å². The van der Waals surface area contributed by atoms with E-state index < -0.39 is 17.9 Å². The first kappa shape index (κ1) is 24.5. The Kier molecular flexibility index (Phi) is 7.75. The summed E-state index contributed by atoms with van der Waals surface area (Å²) in [6.07, 6.45) is 4.68. The van der Waals surface area contributed by atoms with Crippen LogP contribution in [0.2, 0.25) is 0 Å². The Labute approximate surface area is 217 Å². The molecule has 1 aliphatic carbocycles. The zero-order chi connectivity index (χ0) is 25.5. The number of carbonyl (C=O) groups is 2. The summed E-state index contributed by atoms with van der Waals surface area (Å²) in [5, 5.41) is 2.28. The van der Waals surface area contributed by atoms with Crippen LogP contribution >= 0.6 is 0 Å². The van der Waals surface area contributed by atoms with Gasteiger partial charge in [0.2, 0.25) is 0 Å². The molecule has 0 saturated heterocycles. The van der Waals surface area contributed by atoms with Crippen LogP contribution in [0.25, 0.3) is 16.3 Å². The van der Waals surface area contributed by atoms with Crippen LogP contribution in [0.3, 0.4) is 0 Å². The maximum atomic E-state index is 13.5. The smallest absolute Gasteiger partial charge is 0.321 e. The SMILES string of the molecule is O=C(OCc1ccccc1)C(C(=O)OCc1ccccc1)[C@H]1CCCC=C1c1ccc2ccccc2c1. The summed E-state index contributed by atoms with van der Waals surface area (Å²) in [7, 11) is 0. The van der Waals surface area contributed by atoms with Gasteiger partial charge in [-0.15, -0.1) is 0 Å². The minimum atomic E-state index is -1.04. The molecule has 0 saturated carbocycles. The first-order valence-electron chi connectivity index (χ1n) is 12.8. The van der Waals surface area contributed by atoms with E-state index in [0.717, 1.165) is 45.9 Å². The van der Waals surface area contributed by atoms with Gasteiger partial charge in [-0.25, -0.2) is 0 Å². The fourth-order valence-corrected chi connectivity index (χ4v) is 5.01. The zero-order valence-electron chi connectivity index (χ0n) is 20.7. The summed E-state index contributed by atoms with van der Waals surface area (Å²) in [5.74, 6) is -2.44. The number of esters is 2. The van der Waals surface area contributed by atoms with E-state index >= 15 is 0 Å². The van der Waals surface area contributed by atoms with E-state index in [1.165, 1.54) is 0 Å². The van der Waals surface area contributed by atoms with Crippen molar-refractivity contribution in [3.63, 3.8) is 0 Å². The summed E-state index contributed by atoms with van der Waals surface area (Å²) in [6, 6.07) is 33.5. The molecule has 0 bridgehead atoms. The van der Waals surface area contributed by atoms with E-state index in [1.807, 2.05) is 72.8 Å². The second-order valence-corrected chi connectivity index (χ2v) is 9.42. The molecule has 4 heteroatoms. The highest BCUT2D eigenvalue weighted by atomic mass is 16.6. The van der Waals surface area contributed by atoms with Crippen molar-refractivity contribution in [2.45, 2.75) is 32.5 Å². The topological polar surface area (TPSA) is 52.6 Å². The minimum Gasteiger partial charge on any atom is -0.460 e. The molecule has 0 amide bonds. The fraction of sp³-hybridized carbons (Fsp3) is 0.212. The van der Waals surface area contributed by atoms with E-state index in [2.05, 4.69) is 36.4 Å². The first-order valence-corrected chi connectivity index (χ1v) is 12.8. The van der Waals surface area contributed by atoms with Gasteiger partial charge in [0.25, 0.3) is 0 Å². The number of fused-ring (bicyclic) bond motifs is 1. The molecule has 186 valence electrons. The Hall–Kier alpha value is -4.18. The Morgan fingerprint density at radius 1 is 0.703 bits per heavy atom. The number of allylic oxidation sites excluding steroid dienone is 2. The van der Waals surface area contributed by atoms with Gasteiger partial charge in [0.05, 0.1) is 0 Å². The molecule has 0 fully saturated rings. The van der Waals surface area contributed by atoms with Crippen molar-refractivity contribution in [3.05, 3.63) is 126 Å². The van der Waals surface area contributed by atoms with Gasteiger partial charge < -0.3 is 9.47 Å². The largest absolute Gasteiger partial charge is 0.460 e. The van der Waals surface area contributed by atoms with Crippen molar-refractivity contribution in [1.29, 1.82) is 0 Å². The van der Waals surface area contributed by atoms with Gasteiger partial charge in [0.15, 0.2) is 5.92 Å². The molecule has 0 radical (unpaired) electrons. The van der Waals surface area contributed by atoms with Crippen molar-refractivity contribution < 1.29 is 19.1 Å². The zero-order valence-corrected chi connectivity index (χ0v) is 20.7. The molecular weight excluding hydrogens is 460 g/mol. The van der Waals surface area contributed by atoms with Crippen LogP contribution < -0.4 is 0 Å². The van der Waals surface area contributed by atoms with E-state index in [4.69, 9.17) is 9.47 Å². The third-order valence-electron chi connectivity index (χ3n) is 6.92. The number of rotatable bonds is 8. The number of hydrogen-bond acceptors (Lipinski definition) is 4. The van der Waals surface area contributed by atoms with Crippen molar-refractivity contribution in [1.82, 2.24) is 0 Å². The van der Waals surface area contributed by atoms with Crippen LogP contribution in [0.5, 0.6) is 0 Å². The molecule has 0 heterocycles. The van der Waals surface area contributed by atoms with Crippen LogP contribution in [0, 0.1) is 11.8 Å². The molecule has 1 atom stereocenters. The summed E-state index contributed by atoms with van der Waals surface area (Å²) >= 11 is 0. The maximum absolute atomic E-state index is 13.5. The van der Waals surface area contributed by atoms with Gasteiger partial charge in [0, 0.05) is 5.92 Å². The highest BCUT2D eigenvalue weighted by Crippen LogP contribution is 2.39. The van der Waals surface area contributed by atoms with Crippen molar-refractivity contribution >= 4 is 28.3 Å². The molecule has 0 aliphatic heterocycles. The monoisotopic (exact) mass is 490 g/mol. The number of hydrogen-bond donors (Lipinski definition) is 0. The third-order valence-corrected chi connectivity index (χ3v) is 6.92. The average Bonchev–Trinajstić information content (AvgIpc) is 2.96. The number of benzene rings is 4. The molecular formula is C33H30O4. The van der Waals surface area contributed by atoms with Crippen LogP contribution in [0.4, 0.5) is 0 Å². The normalized spacial score (nSPS) is 15.3. The third kappa shape index (κ3) is 5.97. The maximum Gasteiger partial charge on any atom is 0.321 e. The molecule has 4 nitrogen and oxygen atoms in total. The van der Waals surface area contributed by atoms with Crippen LogP contribution in [0.1, 0.15) is 36.0 Å². The second-order valence-electron chi connectivity index (χ2n) is 9.42. The standard InChI is InChI=1S/C33H30O4/c34-32(36-22-24-11-3-1-4-12-24)31(33(35)37-23-25-13-5-2-6-14-25)30-18-10-9-17-29(30)28-20-19-26-15-7-8-16-27(26)21-28/h1-8,11-17,19-21,30-31H,9-10,18,22-23H2/t30-/m0/s1. The van der Waals surface area contributed by atoms with Crippen molar-refractivity contribution in [2.75, 3.05) is 0 Å². The highest BCUT2D eigenvalue weighted by molar-refractivity contribution is 5.98. The molecule has 5 rings (SSSR count). The number of ether oxygens (including phenoxy) is 2. The summed E-state index contributed by atoms with van der Waals surface area (Å²) in [6.45, 7) is 0.230. The van der Waals surface area contributed by atoms with Gasteiger partial charge in [-0.3, -0.25) is 9.59 Å². The highest BCUT2D eigenvalue weighted by Gasteiger charge is 2.40. The molecule has 4 aromatic carbocycles. The number of carbonyl (C=O) groups excluding carboxylic acids is 2. The van der Waals surface area contributed by atoms with E-state index in [1.54, 1.807) is 0 Å². The summed E-state index contributed by atoms with van der Waals surface area (Å²) < 4.78 is 11.4. The Bertz CT molecular complexity index is 1340. The van der Waals surface area contributed by atoms with Crippen molar-refractivity contribution in [3.8, 4) is 0 Å². The fourth-order valence-electron chi connectivity index (χ4n) is 5.01. The van der Waals surface area contributed by atoms with E-state index in [9.17, 15) is 9.59 Å². The molecule has 1 aliphatic rings. The summed E-state index contributed by atoms with van der Waals surface area (Å²) in [4.78, 5) is 27.0. The lowest BCUT2D eigenvalue weighted by atomic mass is 9.75. The Morgan fingerprint density at radius 3 is 1.89 bits per heavy atom. The molecule has 0 spiro atoms. The second kappa shape index (κ2) is 11.7. The Morgan fingerprint density at radius 2 is 1.27 bits per heavy atom. The van der Waals surface area contributed by atoms with Gasteiger partial charge in [-0.05, 0) is 58.4 Å². The molecule has 0 unspecified atom stereocenters. The summed E-state index contributed by atoms with van der Waals surface area (Å²) in [5.41, 5.74) is 3.79. The van der Waals surface area contributed by atoms with Gasteiger partial charge >= 0.3 is 11.9 Å². The van der Waals surface area contributed by atoms with Gasteiger partial charge in [-0.2, -0.15) is 0 Å². The quantitative estimate of drug-likeness (QED) is 0.195. The predicted molar refractivity (Wildman–Crippen MR) is 145 cm³/mol. The molecule has 0 N–H and O–H groups in total. The lowest BCUT2D eigenvalue weighted by molar-refractivity contribution is -0.165. The van der Waals surface area contributed by atoms with Crippen LogP contribution in [-0.2, 0) is 32.3 Å². The molecule has 0 aromatic heterocycles. The minimum absolute atomic E-state index is 0.115. The predicted octanol–water partition coefficient (Wildman–Crippen LogP) is 7.13. The Balaban J connectivity index is 1.43. The van der Waals surface area contributed by atoms with Gasteiger partial charge in [0.1, 0.15) is 13.2 Å². The van der Waals surface area contributed by atoms with Gasteiger partial charge in [-0.1, -0.05) is 103 Å². The van der Waals surface area contributed by atoms with E-state index in [-0.39, 0.29) is 19.1 Å². The van der Waals surface area contributed by atoms with Crippen LogP contribution in [0.15, 0.2) is 109 Å². The molecule has 37 heavy (non-hydrogen) atoms.